The predicted octanol–water partition coefficient (Wildman–Crippen LogP) is 2.90. The highest BCUT2D eigenvalue weighted by Crippen LogP contribution is 2.10. The number of amides is 1. The van der Waals surface area contributed by atoms with E-state index in [0.717, 1.165) is 25.7 Å². The number of rotatable bonds is 12. The van der Waals surface area contributed by atoms with Crippen molar-refractivity contribution >= 4 is 24.3 Å². The molecule has 0 fully saturated rings. The first-order chi connectivity index (χ1) is 10.4. The van der Waals surface area contributed by atoms with Crippen molar-refractivity contribution in [2.24, 2.45) is 5.92 Å². The van der Waals surface area contributed by atoms with Crippen LogP contribution in [0.25, 0.3) is 0 Å². The summed E-state index contributed by atoms with van der Waals surface area (Å²) < 4.78 is 0. The molecule has 0 rings (SSSR count). The quantitative estimate of drug-likeness (QED) is 0.293. The van der Waals surface area contributed by atoms with Crippen molar-refractivity contribution in [2.45, 2.75) is 71.4 Å². The van der Waals surface area contributed by atoms with E-state index in [1.807, 2.05) is 0 Å². The van der Waals surface area contributed by atoms with Crippen molar-refractivity contribution in [1.82, 2.24) is 5.32 Å². The molecular formula is C17H31NO3S. The third-order valence-electron chi connectivity index (χ3n) is 3.40. The van der Waals surface area contributed by atoms with E-state index in [9.17, 15) is 14.7 Å². The maximum Gasteiger partial charge on any atom is 0.223 e. The summed E-state index contributed by atoms with van der Waals surface area (Å²) in [6.45, 7) is 5.84. The summed E-state index contributed by atoms with van der Waals surface area (Å²) >= 11 is 4.06. The molecular weight excluding hydrogens is 298 g/mol. The highest BCUT2D eigenvalue weighted by molar-refractivity contribution is 7.80. The Morgan fingerprint density at radius 3 is 2.41 bits per heavy atom. The fraction of sp³-hybridized carbons (Fsp3) is 0.765. The number of unbranched alkanes of at least 4 members (excludes halogenated alkanes) is 1. The van der Waals surface area contributed by atoms with Gasteiger partial charge in [-0.3, -0.25) is 9.59 Å². The number of allylic oxidation sites excluding steroid dienone is 1. The monoisotopic (exact) mass is 329 g/mol. The second-order valence-corrected chi connectivity index (χ2v) is 6.57. The average Bonchev–Trinajstić information content (AvgIpc) is 2.41. The number of aliphatic hydroxyl groups excluding tert-OH is 1. The van der Waals surface area contributed by atoms with Crippen molar-refractivity contribution in [3.8, 4) is 0 Å². The number of hydrogen-bond donors (Lipinski definition) is 3. The number of thiol groups is 1. The Labute approximate surface area is 140 Å². The van der Waals surface area contributed by atoms with Gasteiger partial charge >= 0.3 is 0 Å². The van der Waals surface area contributed by atoms with E-state index in [1.54, 1.807) is 12.2 Å². The van der Waals surface area contributed by atoms with Crippen molar-refractivity contribution in [3.05, 3.63) is 12.2 Å². The van der Waals surface area contributed by atoms with Gasteiger partial charge in [-0.2, -0.15) is 12.6 Å². The largest absolute Gasteiger partial charge is 0.389 e. The van der Waals surface area contributed by atoms with Crippen LogP contribution in [0.3, 0.4) is 0 Å². The lowest BCUT2D eigenvalue weighted by Crippen LogP contribution is -2.40. The van der Waals surface area contributed by atoms with Crippen LogP contribution in [-0.4, -0.2) is 34.7 Å². The topological polar surface area (TPSA) is 66.4 Å². The van der Waals surface area contributed by atoms with Gasteiger partial charge in [-0.1, -0.05) is 45.3 Å². The van der Waals surface area contributed by atoms with E-state index in [4.69, 9.17) is 0 Å². The Balaban J connectivity index is 4.15. The maximum absolute atomic E-state index is 11.9. The molecule has 4 nitrogen and oxygen atoms in total. The Kier molecular flexibility index (Phi) is 12.2. The van der Waals surface area contributed by atoms with Crippen molar-refractivity contribution in [2.75, 3.05) is 5.75 Å². The van der Waals surface area contributed by atoms with Crippen LogP contribution in [-0.2, 0) is 9.59 Å². The minimum absolute atomic E-state index is 0.0150. The summed E-state index contributed by atoms with van der Waals surface area (Å²) in [6, 6.07) is -0.437. The van der Waals surface area contributed by atoms with Gasteiger partial charge in [0.25, 0.3) is 0 Å². The smallest absolute Gasteiger partial charge is 0.223 e. The molecule has 0 aromatic heterocycles. The summed E-state index contributed by atoms with van der Waals surface area (Å²) in [4.78, 5) is 23.5. The van der Waals surface area contributed by atoms with Crippen molar-refractivity contribution in [1.29, 1.82) is 0 Å². The number of carbonyl (C=O) groups is 2. The first-order valence-electron chi connectivity index (χ1n) is 8.12. The first kappa shape index (κ1) is 21.2. The molecule has 0 aromatic rings. The average molecular weight is 330 g/mol. The third-order valence-corrected chi connectivity index (χ3v) is 3.66. The third kappa shape index (κ3) is 11.8. The van der Waals surface area contributed by atoms with Gasteiger partial charge in [-0.15, -0.1) is 0 Å². The van der Waals surface area contributed by atoms with Crippen LogP contribution >= 0.6 is 12.6 Å². The number of aliphatic hydroxyl groups is 1. The van der Waals surface area contributed by atoms with E-state index in [-0.39, 0.29) is 18.1 Å². The number of Topliss-reactive ketones (excluding diaryl/α,β-unsaturated/α-hetero) is 1. The molecule has 0 saturated carbocycles. The SMILES string of the molecule is CC(=O)[C@H](CCCCC(C)C)NC(=O)CC(O)/C=C/CCS. The van der Waals surface area contributed by atoms with Gasteiger partial charge in [-0.05, 0) is 31.4 Å². The van der Waals surface area contributed by atoms with E-state index in [2.05, 4.69) is 31.8 Å². The number of carbonyl (C=O) groups excluding carboxylic acids is 2. The van der Waals surface area contributed by atoms with Crippen LogP contribution in [0.4, 0.5) is 0 Å². The Bertz CT molecular complexity index is 356. The lowest BCUT2D eigenvalue weighted by molar-refractivity contribution is -0.128. The number of ketones is 1. The summed E-state index contributed by atoms with van der Waals surface area (Å²) in [7, 11) is 0. The molecule has 0 heterocycles. The van der Waals surface area contributed by atoms with E-state index in [0.29, 0.717) is 18.1 Å². The van der Waals surface area contributed by atoms with E-state index >= 15 is 0 Å². The lowest BCUT2D eigenvalue weighted by atomic mass is 10.0. The molecule has 0 radical (unpaired) electrons. The lowest BCUT2D eigenvalue weighted by Gasteiger charge is -2.17. The highest BCUT2D eigenvalue weighted by Gasteiger charge is 2.18. The second-order valence-electron chi connectivity index (χ2n) is 6.12. The van der Waals surface area contributed by atoms with Crippen molar-refractivity contribution in [3.63, 3.8) is 0 Å². The number of hydrogen-bond acceptors (Lipinski definition) is 4. The molecule has 128 valence electrons. The fourth-order valence-electron chi connectivity index (χ4n) is 2.12. The van der Waals surface area contributed by atoms with Gasteiger partial charge in [0.15, 0.2) is 5.78 Å². The minimum atomic E-state index is -0.812. The fourth-order valence-corrected chi connectivity index (χ4v) is 2.27. The van der Waals surface area contributed by atoms with E-state index in [1.165, 1.54) is 6.92 Å². The minimum Gasteiger partial charge on any atom is -0.389 e. The molecule has 2 N–H and O–H groups in total. The molecule has 1 unspecified atom stereocenters. The van der Waals surface area contributed by atoms with Crippen LogP contribution in [0.1, 0.15) is 59.3 Å². The molecule has 2 atom stereocenters. The zero-order valence-electron chi connectivity index (χ0n) is 14.0. The van der Waals surface area contributed by atoms with Crippen LogP contribution in [0.5, 0.6) is 0 Å². The van der Waals surface area contributed by atoms with Gasteiger partial charge in [0.1, 0.15) is 0 Å². The molecule has 0 aliphatic heterocycles. The van der Waals surface area contributed by atoms with Crippen LogP contribution in [0.2, 0.25) is 0 Å². The Morgan fingerprint density at radius 1 is 1.23 bits per heavy atom. The Hall–Kier alpha value is -0.810. The number of nitrogens with one attached hydrogen (secondary N) is 1. The second kappa shape index (κ2) is 12.7. The molecule has 0 aromatic carbocycles. The van der Waals surface area contributed by atoms with Crippen LogP contribution in [0, 0.1) is 5.92 Å². The molecule has 0 spiro atoms. The van der Waals surface area contributed by atoms with Gasteiger partial charge in [0.05, 0.1) is 18.6 Å². The molecule has 22 heavy (non-hydrogen) atoms. The zero-order valence-corrected chi connectivity index (χ0v) is 14.9. The molecule has 0 saturated heterocycles. The zero-order chi connectivity index (χ0) is 17.0. The molecule has 1 amide bonds. The Morgan fingerprint density at radius 2 is 1.86 bits per heavy atom. The summed E-state index contributed by atoms with van der Waals surface area (Å²) in [5.41, 5.74) is 0. The molecule has 0 bridgehead atoms. The molecule has 5 heteroatoms. The standard InChI is InChI=1S/C17H31NO3S/c1-13(2)8-4-5-10-16(14(3)19)18-17(21)12-15(20)9-6-7-11-22/h6,9,13,15-16,20,22H,4-5,7-8,10-12H2,1-3H3,(H,18,21)/b9-6+/t15?,16-/m0/s1. The maximum atomic E-state index is 11.9. The van der Waals surface area contributed by atoms with Gasteiger partial charge in [0, 0.05) is 0 Å². The summed E-state index contributed by atoms with van der Waals surface area (Å²) in [5.74, 6) is 1.05. The van der Waals surface area contributed by atoms with Crippen LogP contribution in [0.15, 0.2) is 12.2 Å². The van der Waals surface area contributed by atoms with Crippen molar-refractivity contribution < 1.29 is 14.7 Å². The van der Waals surface area contributed by atoms with E-state index < -0.39 is 12.1 Å². The summed E-state index contributed by atoms with van der Waals surface area (Å²) in [6.07, 6.45) is 7.12. The summed E-state index contributed by atoms with van der Waals surface area (Å²) in [5, 5.41) is 12.4. The van der Waals surface area contributed by atoms with Gasteiger partial charge < -0.3 is 10.4 Å². The molecule has 0 aliphatic rings. The van der Waals surface area contributed by atoms with Crippen LogP contribution < -0.4 is 5.32 Å². The molecule has 0 aliphatic carbocycles. The highest BCUT2D eigenvalue weighted by atomic mass is 32.1. The van der Waals surface area contributed by atoms with Gasteiger partial charge in [0.2, 0.25) is 5.91 Å². The first-order valence-corrected chi connectivity index (χ1v) is 8.75. The normalized spacial score (nSPS) is 14.3. The predicted molar refractivity (Wildman–Crippen MR) is 94.2 cm³/mol. The van der Waals surface area contributed by atoms with Gasteiger partial charge in [-0.25, -0.2) is 0 Å².